The molecule has 1 fully saturated rings. The van der Waals surface area contributed by atoms with E-state index in [-0.39, 0.29) is 17.3 Å². The van der Waals surface area contributed by atoms with Gasteiger partial charge in [-0.1, -0.05) is 65.2 Å². The van der Waals surface area contributed by atoms with Crippen LogP contribution >= 0.6 is 0 Å². The van der Waals surface area contributed by atoms with Gasteiger partial charge in [0.2, 0.25) is 0 Å². The molecule has 0 bridgehead atoms. The largest absolute Gasteiger partial charge is 0.469 e. The molecule has 0 aromatic rings. The molecule has 0 N–H and O–H groups in total. The maximum absolute atomic E-state index is 12.4. The first kappa shape index (κ1) is 29.2. The molecule has 1 saturated carbocycles. The molecule has 186 valence electrons. The molecule has 0 aromatic carbocycles. The molecule has 0 unspecified atom stereocenters. The van der Waals surface area contributed by atoms with E-state index in [4.69, 9.17) is 4.74 Å². The van der Waals surface area contributed by atoms with Crippen LogP contribution in [-0.2, 0) is 9.53 Å². The van der Waals surface area contributed by atoms with Crippen molar-refractivity contribution in [2.24, 2.45) is 17.3 Å². The fraction of sp³-hybridized carbons (Fsp3) is 0.645. The van der Waals surface area contributed by atoms with Crippen molar-refractivity contribution in [2.45, 2.75) is 107 Å². The van der Waals surface area contributed by atoms with Gasteiger partial charge in [-0.05, 0) is 111 Å². The number of hydrogen-bond donors (Lipinski definition) is 0. The Kier molecular flexibility index (Phi) is 12.8. The third-order valence-electron chi connectivity index (χ3n) is 7.03. The molecular weight excluding hydrogens is 404 g/mol. The molecule has 1 aliphatic rings. The van der Waals surface area contributed by atoms with Crippen LogP contribution in [0.5, 0.6) is 0 Å². The van der Waals surface area contributed by atoms with Crippen molar-refractivity contribution >= 4 is 5.97 Å². The van der Waals surface area contributed by atoms with Crippen molar-refractivity contribution in [1.82, 2.24) is 0 Å². The van der Waals surface area contributed by atoms with E-state index in [2.05, 4.69) is 85.8 Å². The minimum Gasteiger partial charge on any atom is -0.469 e. The first-order valence-corrected chi connectivity index (χ1v) is 12.8. The lowest BCUT2D eigenvalue weighted by molar-refractivity contribution is -0.143. The van der Waals surface area contributed by atoms with Gasteiger partial charge in [0.1, 0.15) is 0 Å². The Hall–Kier alpha value is -1.83. The van der Waals surface area contributed by atoms with Crippen molar-refractivity contribution in [1.29, 1.82) is 0 Å². The molecule has 0 aromatic heterocycles. The zero-order chi connectivity index (χ0) is 25.0. The van der Waals surface area contributed by atoms with Crippen LogP contribution in [0.25, 0.3) is 0 Å². The standard InChI is InChI=1S/C31H50O2/c1-23(2)14-10-16-25(5)18-12-19-27(7)22-28-29(30(32)33-9)31(28,8)21-13-20-26(6)17-11-15-24(3)4/h14-15,18,20,22,28-29H,10-13,16-17,19,21H2,1-9H3/b25-18+,26-20+,27-22+/t28-,29-,31-/m1/s1. The summed E-state index contributed by atoms with van der Waals surface area (Å²) in [6.45, 7) is 17.6. The third-order valence-corrected chi connectivity index (χ3v) is 7.03. The van der Waals surface area contributed by atoms with E-state index in [0.29, 0.717) is 5.92 Å². The lowest BCUT2D eigenvalue weighted by Gasteiger charge is -2.10. The Bertz CT molecular complexity index is 782. The Morgan fingerprint density at radius 3 is 1.67 bits per heavy atom. The van der Waals surface area contributed by atoms with Gasteiger partial charge >= 0.3 is 5.97 Å². The lowest BCUT2D eigenvalue weighted by atomic mass is 9.95. The minimum absolute atomic E-state index is 0.00169. The van der Waals surface area contributed by atoms with Crippen molar-refractivity contribution in [3.8, 4) is 0 Å². The molecule has 1 rings (SSSR count). The highest BCUT2D eigenvalue weighted by molar-refractivity contribution is 5.78. The molecule has 0 heterocycles. The zero-order valence-corrected chi connectivity index (χ0v) is 23.0. The summed E-state index contributed by atoms with van der Waals surface area (Å²) in [7, 11) is 1.52. The normalized spacial score (nSPS) is 23.2. The molecule has 0 aliphatic heterocycles. The molecule has 1 aliphatic carbocycles. The first-order chi connectivity index (χ1) is 15.5. The maximum atomic E-state index is 12.4. The number of hydrogen-bond acceptors (Lipinski definition) is 2. The molecule has 2 heteroatoms. The SMILES string of the molecule is COC(=O)[C@H]1[C@@H](/C=C(\C)CC/C=C(\C)CCC=C(C)C)[C@@]1(C)CC/C=C(\C)CCC=C(C)C. The number of methoxy groups -OCH3 is 1. The fourth-order valence-electron chi connectivity index (χ4n) is 4.70. The Labute approximate surface area is 205 Å². The Balaban J connectivity index is 2.65. The maximum Gasteiger partial charge on any atom is 0.309 e. The topological polar surface area (TPSA) is 26.3 Å². The van der Waals surface area contributed by atoms with Crippen LogP contribution in [0.1, 0.15) is 107 Å². The van der Waals surface area contributed by atoms with Crippen LogP contribution in [0.3, 0.4) is 0 Å². The van der Waals surface area contributed by atoms with E-state index in [1.165, 1.54) is 35.0 Å². The highest BCUT2D eigenvalue weighted by atomic mass is 16.5. The Morgan fingerprint density at radius 1 is 0.727 bits per heavy atom. The van der Waals surface area contributed by atoms with Crippen LogP contribution in [0.2, 0.25) is 0 Å². The minimum atomic E-state index is -0.0502. The monoisotopic (exact) mass is 454 g/mol. The van der Waals surface area contributed by atoms with Gasteiger partial charge in [0.15, 0.2) is 0 Å². The van der Waals surface area contributed by atoms with E-state index >= 15 is 0 Å². The highest BCUT2D eigenvalue weighted by Gasteiger charge is 2.63. The van der Waals surface area contributed by atoms with Gasteiger partial charge in [0, 0.05) is 0 Å². The van der Waals surface area contributed by atoms with Gasteiger partial charge in [-0.25, -0.2) is 0 Å². The summed E-state index contributed by atoms with van der Waals surface area (Å²) in [6.07, 6.45) is 20.4. The summed E-state index contributed by atoms with van der Waals surface area (Å²) in [5, 5.41) is 0. The third kappa shape index (κ3) is 10.8. The smallest absolute Gasteiger partial charge is 0.309 e. The molecule has 33 heavy (non-hydrogen) atoms. The summed E-state index contributed by atoms with van der Waals surface area (Å²) in [4.78, 5) is 12.4. The number of allylic oxidation sites excluding steroid dienone is 10. The summed E-state index contributed by atoms with van der Waals surface area (Å²) in [5.41, 5.74) is 7.09. The van der Waals surface area contributed by atoms with Crippen molar-refractivity contribution in [2.75, 3.05) is 7.11 Å². The van der Waals surface area contributed by atoms with Crippen molar-refractivity contribution in [3.63, 3.8) is 0 Å². The van der Waals surface area contributed by atoms with E-state index in [1.807, 2.05) is 0 Å². The molecule has 3 atom stereocenters. The van der Waals surface area contributed by atoms with Gasteiger partial charge in [0.05, 0.1) is 13.0 Å². The highest BCUT2D eigenvalue weighted by Crippen LogP contribution is 2.63. The van der Waals surface area contributed by atoms with Crippen LogP contribution in [0.15, 0.2) is 58.2 Å². The van der Waals surface area contributed by atoms with Crippen molar-refractivity contribution in [3.05, 3.63) is 58.2 Å². The van der Waals surface area contributed by atoms with Gasteiger partial charge < -0.3 is 4.74 Å². The number of rotatable bonds is 14. The van der Waals surface area contributed by atoms with E-state index in [0.717, 1.165) is 51.4 Å². The summed E-state index contributed by atoms with van der Waals surface area (Å²) in [5.74, 6) is 0.246. The molecular formula is C31H50O2. The number of esters is 1. The van der Waals surface area contributed by atoms with E-state index in [9.17, 15) is 4.79 Å². The zero-order valence-electron chi connectivity index (χ0n) is 23.0. The van der Waals surface area contributed by atoms with Gasteiger partial charge in [-0.15, -0.1) is 0 Å². The number of ether oxygens (including phenoxy) is 1. The van der Waals surface area contributed by atoms with Gasteiger partial charge in [0.25, 0.3) is 0 Å². The van der Waals surface area contributed by atoms with E-state index in [1.54, 1.807) is 0 Å². The second-order valence-corrected chi connectivity index (χ2v) is 10.9. The molecule has 0 radical (unpaired) electrons. The second kappa shape index (κ2) is 14.4. The first-order valence-electron chi connectivity index (χ1n) is 12.8. The average molecular weight is 455 g/mol. The van der Waals surface area contributed by atoms with E-state index < -0.39 is 0 Å². The predicted molar refractivity (Wildman–Crippen MR) is 144 cm³/mol. The van der Waals surface area contributed by atoms with Crippen LogP contribution in [0.4, 0.5) is 0 Å². The van der Waals surface area contributed by atoms with Crippen LogP contribution in [0, 0.1) is 17.3 Å². The fourth-order valence-corrected chi connectivity index (χ4v) is 4.70. The van der Waals surface area contributed by atoms with Crippen LogP contribution in [-0.4, -0.2) is 13.1 Å². The second-order valence-electron chi connectivity index (χ2n) is 10.9. The molecule has 2 nitrogen and oxygen atoms in total. The summed E-state index contributed by atoms with van der Waals surface area (Å²) >= 11 is 0. The average Bonchev–Trinajstić information content (AvgIpc) is 3.29. The van der Waals surface area contributed by atoms with Gasteiger partial charge in [-0.2, -0.15) is 0 Å². The number of carbonyl (C=O) groups excluding carboxylic acids is 1. The lowest BCUT2D eigenvalue weighted by Crippen LogP contribution is -2.09. The Morgan fingerprint density at radius 2 is 1.18 bits per heavy atom. The molecule has 0 spiro atoms. The molecule has 0 amide bonds. The van der Waals surface area contributed by atoms with Crippen LogP contribution < -0.4 is 0 Å². The quantitative estimate of drug-likeness (QED) is 0.193. The predicted octanol–water partition coefficient (Wildman–Crippen LogP) is 9.30. The summed E-state index contributed by atoms with van der Waals surface area (Å²) < 4.78 is 5.15. The van der Waals surface area contributed by atoms with Gasteiger partial charge in [-0.3, -0.25) is 4.79 Å². The number of carbonyl (C=O) groups is 1. The van der Waals surface area contributed by atoms with Crippen molar-refractivity contribution < 1.29 is 9.53 Å². The molecule has 0 saturated heterocycles. The summed E-state index contributed by atoms with van der Waals surface area (Å²) in [6, 6.07) is 0.